The first-order valence-electron chi connectivity index (χ1n) is 13.7. The lowest BCUT2D eigenvalue weighted by Gasteiger charge is -2.69. The number of nitrogens with two attached hydrogens (primary N) is 3. The van der Waals surface area contributed by atoms with Crippen molar-refractivity contribution >= 4 is 11.9 Å². The number of esters is 1. The molecule has 4 aliphatic carbocycles. The van der Waals surface area contributed by atoms with Gasteiger partial charge in [-0.1, -0.05) is 31.6 Å². The van der Waals surface area contributed by atoms with Gasteiger partial charge in [0.25, 0.3) is 0 Å². The van der Waals surface area contributed by atoms with Gasteiger partial charge in [0.15, 0.2) is 0 Å². The second-order valence-electron chi connectivity index (χ2n) is 12.9. The van der Waals surface area contributed by atoms with Crippen LogP contribution in [-0.4, -0.2) is 63.2 Å². The molecule has 4 saturated carbocycles. The van der Waals surface area contributed by atoms with Gasteiger partial charge in [-0.25, -0.2) is 4.79 Å². The molecule has 38 heavy (non-hydrogen) atoms. The van der Waals surface area contributed by atoms with E-state index < -0.39 is 70.5 Å². The maximum atomic E-state index is 12.5. The average Bonchev–Trinajstić information content (AvgIpc) is 3.06. The van der Waals surface area contributed by atoms with Crippen molar-refractivity contribution in [3.8, 4) is 0 Å². The number of fused-ring (bicyclic) bond motifs is 5. The van der Waals surface area contributed by atoms with Crippen LogP contribution in [0.1, 0.15) is 66.7 Å². The van der Waals surface area contributed by atoms with Gasteiger partial charge in [-0.3, -0.25) is 4.79 Å². The monoisotopic (exact) mass is 531 g/mol. The zero-order valence-electron chi connectivity index (χ0n) is 23.2. The number of rotatable bonds is 4. The molecule has 11 atom stereocenters. The van der Waals surface area contributed by atoms with Crippen LogP contribution in [0.5, 0.6) is 0 Å². The minimum atomic E-state index is -1.12. The second-order valence-corrected chi connectivity index (χ2v) is 12.9. The molecule has 4 rings (SSSR count). The summed E-state index contributed by atoms with van der Waals surface area (Å²) in [6.07, 6.45) is 4.81. The number of aliphatic hydroxyl groups excluding tert-OH is 2. The lowest BCUT2D eigenvalue weighted by Crippen LogP contribution is -2.78. The third kappa shape index (κ3) is 4.18. The molecule has 0 saturated heterocycles. The first-order valence-corrected chi connectivity index (χ1v) is 13.7. The molecule has 0 bridgehead atoms. The van der Waals surface area contributed by atoms with Crippen LogP contribution in [0.4, 0.5) is 0 Å². The van der Waals surface area contributed by atoms with Crippen LogP contribution in [0.3, 0.4) is 0 Å². The number of aliphatic hydroxyl groups is 2. The van der Waals surface area contributed by atoms with Gasteiger partial charge in [-0.15, -0.1) is 0 Å². The summed E-state index contributed by atoms with van der Waals surface area (Å²) < 4.78 is 5.76. The van der Waals surface area contributed by atoms with Gasteiger partial charge in [-0.2, -0.15) is 0 Å². The Morgan fingerprint density at radius 3 is 2.32 bits per heavy atom. The Kier molecular flexibility index (Phi) is 7.51. The molecule has 0 spiro atoms. The smallest absolute Gasteiger partial charge is 0.335 e. The number of ether oxygens (including phenoxy) is 1. The van der Waals surface area contributed by atoms with E-state index in [0.29, 0.717) is 31.3 Å². The Balaban J connectivity index is 1.88. The molecule has 0 radical (unpaired) electrons. The molecule has 0 aromatic heterocycles. The van der Waals surface area contributed by atoms with Crippen LogP contribution in [0.2, 0.25) is 0 Å². The SMILES string of the molecule is CC(=O)O[C@H]1C[C@@]2(C)[C@@H](C[C@@H](O)[C@H]3[C@@]4(C)[C@@H](N)C[C@@H](O)[C@@H](N)[C@@H]4CC[C@@]32N)/C1=C(\C=C\C=C(C)C)C(=O)O. The third-order valence-electron chi connectivity index (χ3n) is 10.7. The van der Waals surface area contributed by atoms with Gasteiger partial charge in [0, 0.05) is 30.5 Å². The highest BCUT2D eigenvalue weighted by atomic mass is 16.5. The van der Waals surface area contributed by atoms with E-state index in [1.54, 1.807) is 12.2 Å². The molecule has 0 heterocycles. The summed E-state index contributed by atoms with van der Waals surface area (Å²) in [6, 6.07) is -0.874. The highest BCUT2D eigenvalue weighted by molar-refractivity contribution is 5.91. The molecule has 9 nitrogen and oxygen atoms in total. The fourth-order valence-corrected chi connectivity index (χ4v) is 8.88. The van der Waals surface area contributed by atoms with Gasteiger partial charge in [0.1, 0.15) is 6.10 Å². The van der Waals surface area contributed by atoms with E-state index in [4.69, 9.17) is 21.9 Å². The van der Waals surface area contributed by atoms with Crippen molar-refractivity contribution in [1.29, 1.82) is 0 Å². The maximum Gasteiger partial charge on any atom is 0.335 e. The number of carboxylic acids is 1. The summed E-state index contributed by atoms with van der Waals surface area (Å²) in [7, 11) is 0. The largest absolute Gasteiger partial charge is 0.478 e. The van der Waals surface area contributed by atoms with Crippen LogP contribution in [0, 0.1) is 28.6 Å². The van der Waals surface area contributed by atoms with E-state index >= 15 is 0 Å². The van der Waals surface area contributed by atoms with Crippen molar-refractivity contribution in [3.05, 3.63) is 34.9 Å². The summed E-state index contributed by atoms with van der Waals surface area (Å²) in [6.45, 7) is 9.25. The van der Waals surface area contributed by atoms with E-state index in [9.17, 15) is 24.9 Å². The molecular weight excluding hydrogens is 486 g/mol. The highest BCUT2D eigenvalue weighted by Gasteiger charge is 2.72. The predicted molar refractivity (Wildman–Crippen MR) is 143 cm³/mol. The van der Waals surface area contributed by atoms with Crippen LogP contribution < -0.4 is 17.2 Å². The van der Waals surface area contributed by atoms with E-state index in [-0.39, 0.29) is 17.9 Å². The van der Waals surface area contributed by atoms with E-state index in [0.717, 1.165) is 5.57 Å². The fraction of sp³-hybridized carbons (Fsp3) is 0.724. The van der Waals surface area contributed by atoms with Crippen molar-refractivity contribution < 1.29 is 29.6 Å². The molecule has 9 heteroatoms. The molecular formula is C29H45N3O6. The number of hydrogen-bond acceptors (Lipinski definition) is 8. The van der Waals surface area contributed by atoms with Gasteiger partial charge >= 0.3 is 11.9 Å². The summed E-state index contributed by atoms with van der Waals surface area (Å²) in [4.78, 5) is 24.7. The van der Waals surface area contributed by atoms with Crippen LogP contribution in [0.25, 0.3) is 0 Å². The zero-order chi connectivity index (χ0) is 28.4. The van der Waals surface area contributed by atoms with Gasteiger partial charge in [0.2, 0.25) is 0 Å². The van der Waals surface area contributed by atoms with Crippen molar-refractivity contribution in [3.63, 3.8) is 0 Å². The number of carboxylic acid groups (broad SMARTS) is 1. The Morgan fingerprint density at radius 1 is 1.08 bits per heavy atom. The van der Waals surface area contributed by atoms with Crippen molar-refractivity contribution in [1.82, 2.24) is 0 Å². The van der Waals surface area contributed by atoms with E-state index in [1.807, 2.05) is 33.8 Å². The van der Waals surface area contributed by atoms with Crippen LogP contribution in [0.15, 0.2) is 34.9 Å². The van der Waals surface area contributed by atoms with Crippen molar-refractivity contribution in [2.45, 2.75) is 103 Å². The Bertz CT molecular complexity index is 1080. The number of hydrogen-bond donors (Lipinski definition) is 6. The van der Waals surface area contributed by atoms with Crippen molar-refractivity contribution in [2.24, 2.45) is 45.8 Å². The first kappa shape index (κ1) is 29.0. The maximum absolute atomic E-state index is 12.5. The molecule has 0 amide bonds. The molecule has 212 valence electrons. The average molecular weight is 532 g/mol. The predicted octanol–water partition coefficient (Wildman–Crippen LogP) is 1.76. The Labute approximate surface area is 225 Å². The molecule has 4 fully saturated rings. The first-order chi connectivity index (χ1) is 17.6. The minimum Gasteiger partial charge on any atom is -0.478 e. The molecule has 0 aromatic rings. The molecule has 0 aromatic carbocycles. The molecule has 9 N–H and O–H groups in total. The normalized spacial score (nSPS) is 47.5. The lowest BCUT2D eigenvalue weighted by atomic mass is 9.38. The van der Waals surface area contributed by atoms with Crippen LogP contribution >= 0.6 is 0 Å². The summed E-state index contributed by atoms with van der Waals surface area (Å²) in [5.41, 5.74) is 20.0. The number of aliphatic carboxylic acids is 1. The number of carbonyl (C=O) groups is 2. The second kappa shape index (κ2) is 9.86. The topological polar surface area (TPSA) is 182 Å². The quantitative estimate of drug-likeness (QED) is 0.179. The van der Waals surface area contributed by atoms with Crippen LogP contribution in [-0.2, 0) is 14.3 Å². The Morgan fingerprint density at radius 2 is 1.74 bits per heavy atom. The van der Waals surface area contributed by atoms with Gasteiger partial charge in [-0.05, 0) is 80.3 Å². The summed E-state index contributed by atoms with van der Waals surface area (Å²) in [5, 5.41) is 32.7. The van der Waals surface area contributed by atoms with Gasteiger partial charge in [0.05, 0.1) is 17.8 Å². The van der Waals surface area contributed by atoms with E-state index in [2.05, 4.69) is 0 Å². The lowest BCUT2D eigenvalue weighted by molar-refractivity contribution is -0.199. The van der Waals surface area contributed by atoms with E-state index in [1.165, 1.54) is 6.92 Å². The standard InChI is InChI=1S/C29H45N3O6/c1-14(2)7-6-8-16(26(36)37)23-18-11-20(35)25-28(5)17(24(31)19(34)12-22(28)30)9-10-29(25,32)27(18,4)13-21(23)38-15(3)33/h6-8,17-22,24-25,34-35H,9-13,30-32H2,1-5H3,(H,36,37)/b8-6+,23-16-/t17-,18-,19+,20+,21-,22-,24-,25-,27-,28+,29+/m0/s1. The molecule has 0 unspecified atom stereocenters. The zero-order valence-corrected chi connectivity index (χ0v) is 23.2. The van der Waals surface area contributed by atoms with Gasteiger partial charge < -0.3 is 37.3 Å². The van der Waals surface area contributed by atoms with Crippen molar-refractivity contribution in [2.75, 3.05) is 0 Å². The fourth-order valence-electron chi connectivity index (χ4n) is 8.88. The summed E-state index contributed by atoms with van der Waals surface area (Å²) >= 11 is 0. The number of carbonyl (C=O) groups excluding carboxylic acids is 1. The Hall–Kier alpha value is -2.04. The summed E-state index contributed by atoms with van der Waals surface area (Å²) in [5.74, 6) is -2.56. The molecule has 0 aliphatic heterocycles. The number of allylic oxidation sites excluding steroid dienone is 3. The minimum absolute atomic E-state index is 0.0659. The highest BCUT2D eigenvalue weighted by Crippen LogP contribution is 2.69. The third-order valence-corrected chi connectivity index (χ3v) is 10.7. The molecule has 4 aliphatic rings.